The average molecular weight is 372 g/mol. The van der Waals surface area contributed by atoms with Crippen molar-refractivity contribution in [3.8, 4) is 5.75 Å². The highest BCUT2D eigenvalue weighted by atomic mass is 32.2. The second-order valence-electron chi connectivity index (χ2n) is 4.85. The van der Waals surface area contributed by atoms with Crippen molar-refractivity contribution in [2.75, 3.05) is 31.1 Å². The van der Waals surface area contributed by atoms with Crippen molar-refractivity contribution in [2.45, 2.75) is 5.51 Å². The third-order valence-corrected chi connectivity index (χ3v) is 4.28. The van der Waals surface area contributed by atoms with Crippen LogP contribution < -0.4 is 9.08 Å². The number of amides is 1. The zero-order valence-electron chi connectivity index (χ0n) is 12.0. The molecule has 7 nitrogen and oxygen atoms in total. The van der Waals surface area contributed by atoms with E-state index in [4.69, 9.17) is 5.11 Å². The first kappa shape index (κ1) is 18.1. The summed E-state index contributed by atoms with van der Waals surface area (Å²) >= 11 is 0. The van der Waals surface area contributed by atoms with Gasteiger partial charge >= 0.3 is 21.7 Å². The second-order valence-corrected chi connectivity index (χ2v) is 6.39. The van der Waals surface area contributed by atoms with E-state index in [1.807, 2.05) is 0 Å². The monoisotopic (exact) mass is 372 g/mol. The molecule has 1 heterocycles. The number of rotatable bonds is 3. The molecule has 1 aliphatic rings. The number of halogens is 4. The van der Waals surface area contributed by atoms with Gasteiger partial charge < -0.3 is 19.1 Å². The molecule has 12 heteroatoms. The Morgan fingerprint density at radius 1 is 1.17 bits per heavy atom. The summed E-state index contributed by atoms with van der Waals surface area (Å²) in [5, 5.41) is 8.84. The Labute approximate surface area is 134 Å². The van der Waals surface area contributed by atoms with Crippen LogP contribution in [-0.2, 0) is 10.1 Å². The number of benzene rings is 1. The summed E-state index contributed by atoms with van der Waals surface area (Å²) in [5.41, 5.74) is -5.46. The van der Waals surface area contributed by atoms with Crippen LogP contribution in [-0.4, -0.2) is 56.2 Å². The minimum absolute atomic E-state index is 0.143. The van der Waals surface area contributed by atoms with Crippen LogP contribution in [0.5, 0.6) is 5.75 Å². The highest BCUT2D eigenvalue weighted by molar-refractivity contribution is 7.88. The van der Waals surface area contributed by atoms with Crippen LogP contribution >= 0.6 is 0 Å². The highest BCUT2D eigenvalue weighted by Gasteiger charge is 2.49. The Hall–Kier alpha value is -2.24. The zero-order valence-corrected chi connectivity index (χ0v) is 12.8. The number of hydrogen-bond acceptors (Lipinski definition) is 5. The summed E-state index contributed by atoms with van der Waals surface area (Å²) in [6, 6.07) is 2.84. The van der Waals surface area contributed by atoms with E-state index < -0.39 is 33.3 Å². The van der Waals surface area contributed by atoms with Gasteiger partial charge in [-0.3, -0.25) is 0 Å². The normalized spacial score (nSPS) is 16.2. The number of hydrogen-bond donors (Lipinski definition) is 1. The lowest BCUT2D eigenvalue weighted by Gasteiger charge is -2.34. The molecule has 0 aromatic heterocycles. The molecule has 1 N–H and O–H groups in total. The van der Waals surface area contributed by atoms with Gasteiger partial charge in [-0.25, -0.2) is 9.18 Å². The Bertz CT molecular complexity index is 729. The molecular formula is C12H12F4N2O5S. The van der Waals surface area contributed by atoms with Crippen LogP contribution in [0, 0.1) is 5.82 Å². The SMILES string of the molecule is O=C(O)N1CCN(c2ccc(F)c(OS(=O)(=O)C(F)(F)F)c2)CC1. The molecule has 0 atom stereocenters. The molecule has 0 spiro atoms. The molecule has 0 bridgehead atoms. The quantitative estimate of drug-likeness (QED) is 0.495. The van der Waals surface area contributed by atoms with Crippen molar-refractivity contribution >= 4 is 21.9 Å². The second kappa shape index (κ2) is 6.34. The van der Waals surface area contributed by atoms with Crippen molar-refractivity contribution < 1.29 is 40.1 Å². The lowest BCUT2D eigenvalue weighted by Crippen LogP contribution is -2.48. The first-order chi connectivity index (χ1) is 11.0. The predicted molar refractivity (Wildman–Crippen MR) is 73.8 cm³/mol. The summed E-state index contributed by atoms with van der Waals surface area (Å²) in [7, 11) is -5.99. The van der Waals surface area contributed by atoms with Crippen molar-refractivity contribution in [1.82, 2.24) is 4.90 Å². The molecule has 0 radical (unpaired) electrons. The molecule has 24 heavy (non-hydrogen) atoms. The lowest BCUT2D eigenvalue weighted by atomic mass is 10.2. The van der Waals surface area contributed by atoms with E-state index in [-0.39, 0.29) is 31.9 Å². The molecule has 1 aromatic carbocycles. The summed E-state index contributed by atoms with van der Waals surface area (Å²) < 4.78 is 76.3. The number of nitrogens with zero attached hydrogens (tertiary/aromatic N) is 2. The molecule has 1 fully saturated rings. The van der Waals surface area contributed by atoms with Gasteiger partial charge in [0.15, 0.2) is 11.6 Å². The first-order valence-electron chi connectivity index (χ1n) is 6.54. The van der Waals surface area contributed by atoms with E-state index in [1.54, 1.807) is 4.90 Å². The fraction of sp³-hybridized carbons (Fsp3) is 0.417. The van der Waals surface area contributed by atoms with Gasteiger partial charge in [-0.15, -0.1) is 0 Å². The topological polar surface area (TPSA) is 87.2 Å². The smallest absolute Gasteiger partial charge is 0.465 e. The van der Waals surface area contributed by atoms with Gasteiger partial charge in [0.1, 0.15) is 0 Å². The van der Waals surface area contributed by atoms with Gasteiger partial charge in [0.25, 0.3) is 0 Å². The van der Waals surface area contributed by atoms with Crippen molar-refractivity contribution in [3.63, 3.8) is 0 Å². The van der Waals surface area contributed by atoms with Crippen LogP contribution in [0.2, 0.25) is 0 Å². The van der Waals surface area contributed by atoms with E-state index in [1.165, 1.54) is 6.07 Å². The minimum Gasteiger partial charge on any atom is -0.465 e. The molecule has 0 saturated carbocycles. The van der Waals surface area contributed by atoms with E-state index in [0.29, 0.717) is 0 Å². The summed E-state index contributed by atoms with van der Waals surface area (Å²) in [4.78, 5) is 13.5. The van der Waals surface area contributed by atoms with E-state index >= 15 is 0 Å². The van der Waals surface area contributed by atoms with E-state index in [0.717, 1.165) is 17.0 Å². The maximum Gasteiger partial charge on any atom is 0.534 e. The third kappa shape index (κ3) is 3.80. The minimum atomic E-state index is -5.99. The molecule has 0 unspecified atom stereocenters. The van der Waals surface area contributed by atoms with Gasteiger partial charge in [-0.2, -0.15) is 21.6 Å². The summed E-state index contributed by atoms with van der Waals surface area (Å²) in [6.45, 7) is 0.709. The number of carbonyl (C=O) groups is 1. The van der Waals surface area contributed by atoms with E-state index in [9.17, 15) is 30.8 Å². The number of piperazine rings is 1. The van der Waals surface area contributed by atoms with Gasteiger partial charge in [0.2, 0.25) is 0 Å². The van der Waals surface area contributed by atoms with Gasteiger partial charge in [-0.1, -0.05) is 0 Å². The number of alkyl halides is 3. The lowest BCUT2D eigenvalue weighted by molar-refractivity contribution is -0.0500. The summed E-state index contributed by atoms with van der Waals surface area (Å²) in [6.07, 6.45) is -1.10. The van der Waals surface area contributed by atoms with Crippen molar-refractivity contribution in [2.24, 2.45) is 0 Å². The van der Waals surface area contributed by atoms with Gasteiger partial charge in [0.05, 0.1) is 0 Å². The van der Waals surface area contributed by atoms with Crippen LogP contribution in [0.1, 0.15) is 0 Å². The highest BCUT2D eigenvalue weighted by Crippen LogP contribution is 2.31. The zero-order chi connectivity index (χ0) is 18.1. The molecule has 1 amide bonds. The molecule has 134 valence electrons. The van der Waals surface area contributed by atoms with Gasteiger partial charge in [-0.05, 0) is 12.1 Å². The summed E-state index contributed by atoms with van der Waals surface area (Å²) in [5.74, 6) is -2.35. The molecule has 1 aliphatic heterocycles. The Kier molecular flexibility index (Phi) is 4.78. The largest absolute Gasteiger partial charge is 0.534 e. The average Bonchev–Trinajstić information content (AvgIpc) is 2.48. The predicted octanol–water partition coefficient (Wildman–Crippen LogP) is 1.85. The van der Waals surface area contributed by atoms with Crippen LogP contribution in [0.3, 0.4) is 0 Å². The maximum atomic E-state index is 13.6. The van der Waals surface area contributed by atoms with Crippen LogP contribution in [0.4, 0.5) is 28.0 Å². The molecular weight excluding hydrogens is 360 g/mol. The molecule has 1 aromatic rings. The van der Waals surface area contributed by atoms with Gasteiger partial charge in [0, 0.05) is 37.9 Å². The molecule has 2 rings (SSSR count). The molecule has 0 aliphatic carbocycles. The fourth-order valence-corrected chi connectivity index (χ4v) is 2.53. The maximum absolute atomic E-state index is 13.6. The van der Waals surface area contributed by atoms with Crippen molar-refractivity contribution in [3.05, 3.63) is 24.0 Å². The van der Waals surface area contributed by atoms with Crippen molar-refractivity contribution in [1.29, 1.82) is 0 Å². The Morgan fingerprint density at radius 2 is 1.75 bits per heavy atom. The number of anilines is 1. The van der Waals surface area contributed by atoms with E-state index in [2.05, 4.69) is 4.18 Å². The Balaban J connectivity index is 2.19. The number of carboxylic acid groups (broad SMARTS) is 1. The third-order valence-electron chi connectivity index (χ3n) is 3.31. The molecule has 1 saturated heterocycles. The fourth-order valence-electron chi connectivity index (χ4n) is 2.07. The standard InChI is InChI=1S/C12H12F4N2O5S/c13-9-2-1-8(17-3-5-18(6-4-17)11(19)20)7-10(9)23-24(21,22)12(14,15)16/h1-2,7H,3-6H2,(H,19,20). The van der Waals surface area contributed by atoms with Crippen LogP contribution in [0.25, 0.3) is 0 Å². The Morgan fingerprint density at radius 3 is 2.25 bits per heavy atom. The first-order valence-corrected chi connectivity index (χ1v) is 7.95. The van der Waals surface area contributed by atoms with Crippen LogP contribution in [0.15, 0.2) is 18.2 Å².